The third-order valence-electron chi connectivity index (χ3n) is 7.12. The Morgan fingerprint density at radius 3 is 2.50 bits per heavy atom. The van der Waals surface area contributed by atoms with Crippen LogP contribution in [0.1, 0.15) is 44.2 Å². The van der Waals surface area contributed by atoms with Crippen LogP contribution in [0.4, 0.5) is 8.78 Å². The molecular formula is C23H28ClF2N5O4S. The smallest absolute Gasteiger partial charge is 0.282 e. The minimum Gasteiger partial charge on any atom is -0.348 e. The average molecular weight is 544 g/mol. The van der Waals surface area contributed by atoms with E-state index in [0.29, 0.717) is 38.8 Å². The van der Waals surface area contributed by atoms with Gasteiger partial charge in [-0.3, -0.25) is 9.59 Å². The molecule has 196 valence electrons. The Morgan fingerprint density at radius 2 is 1.81 bits per heavy atom. The second-order valence-corrected chi connectivity index (χ2v) is 11.9. The van der Waals surface area contributed by atoms with Gasteiger partial charge >= 0.3 is 0 Å². The minimum absolute atomic E-state index is 0.0192. The SMILES string of the molecule is CC(NC(=O)[C@H]1CCCN1C(=O)[C@H]1CCCN(S(=O)(=O)N2CC(C#N)C2)C1)c1cc(F)c(Cl)cc1F. The second-order valence-electron chi connectivity index (χ2n) is 9.56. The Bertz CT molecular complexity index is 1190. The van der Waals surface area contributed by atoms with Crippen molar-refractivity contribution < 1.29 is 26.8 Å². The Hall–Kier alpha value is -2.33. The largest absolute Gasteiger partial charge is 0.348 e. The summed E-state index contributed by atoms with van der Waals surface area (Å²) in [6.07, 6.45) is 2.02. The molecule has 1 aromatic carbocycles. The second kappa shape index (κ2) is 10.6. The number of benzene rings is 1. The first-order valence-electron chi connectivity index (χ1n) is 11.9. The zero-order valence-corrected chi connectivity index (χ0v) is 21.4. The van der Waals surface area contributed by atoms with E-state index in [4.69, 9.17) is 16.9 Å². The van der Waals surface area contributed by atoms with E-state index in [-0.39, 0.29) is 42.0 Å². The number of carbonyl (C=O) groups is 2. The van der Waals surface area contributed by atoms with E-state index in [1.54, 1.807) is 0 Å². The molecule has 1 aromatic rings. The molecule has 0 saturated carbocycles. The molecule has 3 atom stereocenters. The molecular weight excluding hydrogens is 516 g/mol. The molecule has 4 rings (SSSR count). The molecule has 3 aliphatic rings. The van der Waals surface area contributed by atoms with Crippen LogP contribution in [0.15, 0.2) is 12.1 Å². The van der Waals surface area contributed by atoms with Crippen molar-refractivity contribution in [2.45, 2.75) is 44.7 Å². The molecule has 0 spiro atoms. The summed E-state index contributed by atoms with van der Waals surface area (Å²) in [6.45, 7) is 2.49. The third kappa shape index (κ3) is 5.20. The van der Waals surface area contributed by atoms with Gasteiger partial charge in [-0.2, -0.15) is 22.3 Å². The van der Waals surface area contributed by atoms with Crippen LogP contribution >= 0.6 is 11.6 Å². The summed E-state index contributed by atoms with van der Waals surface area (Å²) in [7, 11) is -3.76. The van der Waals surface area contributed by atoms with Crippen LogP contribution < -0.4 is 5.32 Å². The van der Waals surface area contributed by atoms with Crippen LogP contribution in [0.2, 0.25) is 5.02 Å². The van der Waals surface area contributed by atoms with E-state index in [0.717, 1.165) is 12.1 Å². The van der Waals surface area contributed by atoms with Crippen molar-refractivity contribution in [2.24, 2.45) is 11.8 Å². The number of amides is 2. The molecule has 0 aromatic heterocycles. The number of halogens is 3. The van der Waals surface area contributed by atoms with Crippen molar-refractivity contribution in [3.8, 4) is 6.07 Å². The highest BCUT2D eigenvalue weighted by Crippen LogP contribution is 2.30. The van der Waals surface area contributed by atoms with Crippen LogP contribution in [0.3, 0.4) is 0 Å². The minimum atomic E-state index is -3.76. The first kappa shape index (κ1) is 26.7. The summed E-state index contributed by atoms with van der Waals surface area (Å²) >= 11 is 5.60. The van der Waals surface area contributed by atoms with Gasteiger partial charge in [-0.1, -0.05) is 11.6 Å². The number of likely N-dealkylation sites (tertiary alicyclic amines) is 1. The van der Waals surface area contributed by atoms with Crippen molar-refractivity contribution in [1.29, 1.82) is 5.26 Å². The number of nitrogens with one attached hydrogen (secondary N) is 1. The summed E-state index contributed by atoms with van der Waals surface area (Å²) in [6, 6.07) is 2.20. The molecule has 0 aliphatic carbocycles. The quantitative estimate of drug-likeness (QED) is 0.553. The summed E-state index contributed by atoms with van der Waals surface area (Å²) in [5.41, 5.74) is -0.0566. The molecule has 3 saturated heterocycles. The van der Waals surface area contributed by atoms with Crippen LogP contribution in [0.5, 0.6) is 0 Å². The van der Waals surface area contributed by atoms with Gasteiger partial charge in [0.2, 0.25) is 11.8 Å². The third-order valence-corrected chi connectivity index (χ3v) is 9.34. The molecule has 0 bridgehead atoms. The van der Waals surface area contributed by atoms with Crippen LogP contribution in [0.25, 0.3) is 0 Å². The zero-order chi connectivity index (χ0) is 26.2. The van der Waals surface area contributed by atoms with Crippen LogP contribution in [0, 0.1) is 34.8 Å². The fourth-order valence-electron chi connectivity index (χ4n) is 5.02. The van der Waals surface area contributed by atoms with E-state index in [2.05, 4.69) is 5.32 Å². The predicted octanol–water partition coefficient (Wildman–Crippen LogP) is 2.20. The lowest BCUT2D eigenvalue weighted by atomic mass is 9.97. The molecule has 36 heavy (non-hydrogen) atoms. The molecule has 1 N–H and O–H groups in total. The van der Waals surface area contributed by atoms with Gasteiger partial charge < -0.3 is 10.2 Å². The summed E-state index contributed by atoms with van der Waals surface area (Å²) in [4.78, 5) is 27.9. The zero-order valence-electron chi connectivity index (χ0n) is 19.8. The van der Waals surface area contributed by atoms with Gasteiger partial charge in [-0.05, 0) is 44.7 Å². The maximum atomic E-state index is 14.3. The van der Waals surface area contributed by atoms with Crippen LogP contribution in [-0.2, 0) is 19.8 Å². The Morgan fingerprint density at radius 1 is 1.11 bits per heavy atom. The maximum absolute atomic E-state index is 14.3. The Kier molecular flexibility index (Phi) is 7.85. The molecule has 3 heterocycles. The van der Waals surface area contributed by atoms with Crippen molar-refractivity contribution >= 4 is 33.6 Å². The highest BCUT2D eigenvalue weighted by molar-refractivity contribution is 7.86. The van der Waals surface area contributed by atoms with Gasteiger partial charge in [-0.15, -0.1) is 0 Å². The standard InChI is InChI=1S/C23H28ClF2N5O4S/c1-14(17-8-20(26)18(24)9-19(17)25)28-22(32)21-5-3-7-31(21)23(33)16-4-2-6-29(13-16)36(34,35)30-11-15(10-27)12-30/h8-9,14-16,21H,2-7,11-13H2,1H3,(H,28,32)/t14?,16-,21+/m0/s1. The fourth-order valence-corrected chi connectivity index (χ4v) is 6.96. The first-order chi connectivity index (χ1) is 17.0. The van der Waals surface area contributed by atoms with Gasteiger partial charge in [0.1, 0.15) is 17.7 Å². The summed E-state index contributed by atoms with van der Waals surface area (Å²) < 4.78 is 56.5. The summed E-state index contributed by atoms with van der Waals surface area (Å²) in [5.74, 6) is -3.22. The first-order valence-corrected chi connectivity index (χ1v) is 13.7. The predicted molar refractivity (Wildman–Crippen MR) is 127 cm³/mol. The molecule has 3 fully saturated rings. The van der Waals surface area contributed by atoms with Gasteiger partial charge in [0.25, 0.3) is 10.2 Å². The van der Waals surface area contributed by atoms with E-state index >= 15 is 0 Å². The Labute approximate surface area is 214 Å². The molecule has 3 aliphatic heterocycles. The summed E-state index contributed by atoms with van der Waals surface area (Å²) in [5, 5.41) is 11.2. The number of nitrogens with zero attached hydrogens (tertiary/aromatic N) is 4. The van der Waals surface area contributed by atoms with Crippen molar-refractivity contribution in [3.05, 3.63) is 34.4 Å². The van der Waals surface area contributed by atoms with E-state index < -0.39 is 45.8 Å². The highest BCUT2D eigenvalue weighted by Gasteiger charge is 2.44. The molecule has 9 nitrogen and oxygen atoms in total. The number of hydrogen-bond donors (Lipinski definition) is 1. The topological polar surface area (TPSA) is 114 Å². The van der Waals surface area contributed by atoms with E-state index in [9.17, 15) is 26.8 Å². The lowest BCUT2D eigenvalue weighted by molar-refractivity contribution is -0.142. The van der Waals surface area contributed by atoms with E-state index in [1.807, 2.05) is 6.07 Å². The lowest BCUT2D eigenvalue weighted by Gasteiger charge is -2.41. The monoisotopic (exact) mass is 543 g/mol. The van der Waals surface area contributed by atoms with Gasteiger partial charge in [0, 0.05) is 38.3 Å². The molecule has 2 amide bonds. The number of rotatable bonds is 6. The maximum Gasteiger partial charge on any atom is 0.282 e. The van der Waals surface area contributed by atoms with Crippen LogP contribution in [-0.4, -0.2) is 72.5 Å². The molecule has 13 heteroatoms. The fraction of sp³-hybridized carbons (Fsp3) is 0.609. The number of carbonyl (C=O) groups excluding carboxylic acids is 2. The Balaban J connectivity index is 1.40. The normalized spacial score (nSPS) is 24.7. The number of piperidine rings is 1. The number of hydrogen-bond acceptors (Lipinski definition) is 5. The number of nitriles is 1. The van der Waals surface area contributed by atoms with Crippen molar-refractivity contribution in [3.63, 3.8) is 0 Å². The van der Waals surface area contributed by atoms with Crippen molar-refractivity contribution in [2.75, 3.05) is 32.7 Å². The van der Waals surface area contributed by atoms with E-state index in [1.165, 1.54) is 20.4 Å². The molecule has 1 unspecified atom stereocenters. The van der Waals surface area contributed by atoms with Gasteiger partial charge in [-0.25, -0.2) is 8.78 Å². The lowest BCUT2D eigenvalue weighted by Crippen LogP contribution is -2.57. The van der Waals surface area contributed by atoms with Gasteiger partial charge in [0.05, 0.1) is 29.0 Å². The molecule has 0 radical (unpaired) electrons. The highest BCUT2D eigenvalue weighted by atomic mass is 35.5. The van der Waals surface area contributed by atoms with Crippen molar-refractivity contribution in [1.82, 2.24) is 18.8 Å². The van der Waals surface area contributed by atoms with Gasteiger partial charge in [0.15, 0.2) is 0 Å². The average Bonchev–Trinajstić information content (AvgIpc) is 3.30.